The van der Waals surface area contributed by atoms with Crippen LogP contribution >= 0.6 is 0 Å². The van der Waals surface area contributed by atoms with Crippen LogP contribution in [0.1, 0.15) is 65.9 Å². The van der Waals surface area contributed by atoms with Crippen LogP contribution in [0.3, 0.4) is 0 Å². The topological polar surface area (TPSA) is 81.8 Å². The van der Waals surface area contributed by atoms with Gasteiger partial charge in [0.2, 0.25) is 11.8 Å². The van der Waals surface area contributed by atoms with E-state index in [0.29, 0.717) is 18.9 Å². The smallest absolute Gasteiger partial charge is 0.255 e. The van der Waals surface area contributed by atoms with Gasteiger partial charge in [0.05, 0.1) is 0 Å². The van der Waals surface area contributed by atoms with Gasteiger partial charge in [-0.25, -0.2) is 0 Å². The van der Waals surface area contributed by atoms with Gasteiger partial charge in [-0.3, -0.25) is 19.7 Å². The first-order valence-electron chi connectivity index (χ1n) is 11.3. The fraction of sp³-hybridized carbons (Fsp3) is 0.609. The third kappa shape index (κ3) is 3.65. The Bertz CT molecular complexity index is 856. The van der Waals surface area contributed by atoms with Crippen LogP contribution in [0.15, 0.2) is 18.2 Å². The highest BCUT2D eigenvalue weighted by atomic mass is 16.2. The molecule has 4 aliphatic heterocycles. The first-order chi connectivity index (χ1) is 14.6. The van der Waals surface area contributed by atoms with Crippen molar-refractivity contribution in [3.63, 3.8) is 0 Å². The third-order valence-electron chi connectivity index (χ3n) is 7.38. The van der Waals surface area contributed by atoms with E-state index in [4.69, 9.17) is 0 Å². The molecule has 2 N–H and O–H groups in total. The van der Waals surface area contributed by atoms with E-state index in [1.54, 1.807) is 4.90 Å². The number of likely N-dealkylation sites (tertiary alicyclic amines) is 1. The van der Waals surface area contributed by atoms with Crippen molar-refractivity contribution in [2.75, 3.05) is 26.2 Å². The van der Waals surface area contributed by atoms with Crippen molar-refractivity contribution in [1.82, 2.24) is 20.4 Å². The molecule has 0 radical (unpaired) electrons. The number of fused-ring (bicyclic) bond motifs is 1. The molecule has 0 saturated carbocycles. The zero-order valence-corrected chi connectivity index (χ0v) is 17.4. The maximum atomic E-state index is 13.1. The third-order valence-corrected chi connectivity index (χ3v) is 7.38. The molecule has 4 heterocycles. The van der Waals surface area contributed by atoms with Crippen LogP contribution in [-0.4, -0.2) is 65.8 Å². The summed E-state index contributed by atoms with van der Waals surface area (Å²) in [6.45, 7) is 4.96. The summed E-state index contributed by atoms with van der Waals surface area (Å²) in [4.78, 5) is 41.0. The van der Waals surface area contributed by atoms with E-state index >= 15 is 0 Å². The van der Waals surface area contributed by atoms with Gasteiger partial charge in [0, 0.05) is 24.6 Å². The molecule has 160 valence electrons. The number of carbonyl (C=O) groups is 3. The van der Waals surface area contributed by atoms with E-state index in [2.05, 4.69) is 33.7 Å². The number of amides is 3. The lowest BCUT2D eigenvalue weighted by Gasteiger charge is -2.39. The van der Waals surface area contributed by atoms with E-state index in [9.17, 15) is 14.4 Å². The molecule has 1 atom stereocenters. The van der Waals surface area contributed by atoms with Gasteiger partial charge < -0.3 is 15.1 Å². The van der Waals surface area contributed by atoms with Crippen molar-refractivity contribution >= 4 is 17.7 Å². The van der Waals surface area contributed by atoms with Crippen LogP contribution in [-0.2, 0) is 16.1 Å². The van der Waals surface area contributed by atoms with Crippen molar-refractivity contribution < 1.29 is 14.4 Å². The molecular formula is C23H30N4O3. The molecule has 3 fully saturated rings. The van der Waals surface area contributed by atoms with Gasteiger partial charge in [-0.1, -0.05) is 12.1 Å². The molecule has 1 aromatic carbocycles. The van der Waals surface area contributed by atoms with Crippen molar-refractivity contribution in [3.05, 3.63) is 34.9 Å². The molecule has 0 aliphatic carbocycles. The van der Waals surface area contributed by atoms with E-state index in [1.165, 1.54) is 18.4 Å². The predicted molar refractivity (Wildman–Crippen MR) is 112 cm³/mol. The zero-order valence-electron chi connectivity index (χ0n) is 17.4. The summed E-state index contributed by atoms with van der Waals surface area (Å²) in [5, 5.41) is 5.81. The number of nitrogens with zero attached hydrogens (tertiary/aromatic N) is 2. The number of piperidine rings is 3. The first kappa shape index (κ1) is 19.7. The van der Waals surface area contributed by atoms with Crippen LogP contribution < -0.4 is 10.6 Å². The molecule has 1 aromatic rings. The molecule has 0 bridgehead atoms. The highest BCUT2D eigenvalue weighted by molar-refractivity contribution is 6.05. The number of imide groups is 1. The Hall–Kier alpha value is -2.25. The molecule has 7 nitrogen and oxygen atoms in total. The fourth-order valence-electron chi connectivity index (χ4n) is 5.60. The van der Waals surface area contributed by atoms with Crippen molar-refractivity contribution in [3.8, 4) is 0 Å². The van der Waals surface area contributed by atoms with E-state index in [0.717, 1.165) is 56.2 Å². The summed E-state index contributed by atoms with van der Waals surface area (Å²) in [5.74, 6) is -0.185. The van der Waals surface area contributed by atoms with E-state index in [-0.39, 0.29) is 24.1 Å². The quantitative estimate of drug-likeness (QED) is 0.736. The normalized spacial score (nSPS) is 26.7. The van der Waals surface area contributed by atoms with Crippen molar-refractivity contribution in [2.45, 2.75) is 63.1 Å². The first-order valence-corrected chi connectivity index (χ1v) is 11.3. The molecule has 1 unspecified atom stereocenters. The Kier molecular flexibility index (Phi) is 5.33. The maximum absolute atomic E-state index is 13.1. The zero-order chi connectivity index (χ0) is 20.7. The monoisotopic (exact) mass is 410 g/mol. The van der Waals surface area contributed by atoms with E-state index in [1.807, 2.05) is 0 Å². The Morgan fingerprint density at radius 1 is 0.933 bits per heavy atom. The molecule has 5 rings (SSSR count). The van der Waals surface area contributed by atoms with Crippen LogP contribution in [0.4, 0.5) is 0 Å². The number of benzene rings is 1. The largest absolute Gasteiger partial charge is 0.322 e. The Balaban J connectivity index is 1.25. The Morgan fingerprint density at radius 3 is 2.43 bits per heavy atom. The molecule has 7 heteroatoms. The second kappa shape index (κ2) is 8.12. The Morgan fingerprint density at radius 2 is 1.70 bits per heavy atom. The number of hydrogen-bond donors (Lipinski definition) is 2. The van der Waals surface area contributed by atoms with Crippen molar-refractivity contribution in [1.29, 1.82) is 0 Å². The van der Waals surface area contributed by atoms with Gasteiger partial charge in [0.15, 0.2) is 0 Å². The lowest BCUT2D eigenvalue weighted by molar-refractivity contribution is -0.136. The molecule has 3 amide bonds. The molecule has 0 spiro atoms. The summed E-state index contributed by atoms with van der Waals surface area (Å²) in [6.07, 6.45) is 5.45. The number of nitrogens with one attached hydrogen (secondary N) is 2. The lowest BCUT2D eigenvalue weighted by Crippen LogP contribution is -2.52. The minimum Gasteiger partial charge on any atom is -0.322 e. The minimum atomic E-state index is -0.542. The number of rotatable bonds is 3. The second-order valence-corrected chi connectivity index (χ2v) is 9.11. The van der Waals surface area contributed by atoms with Gasteiger partial charge in [0.25, 0.3) is 5.91 Å². The van der Waals surface area contributed by atoms with Gasteiger partial charge in [-0.2, -0.15) is 0 Å². The van der Waals surface area contributed by atoms with Gasteiger partial charge >= 0.3 is 0 Å². The molecule has 4 aliphatic rings. The van der Waals surface area contributed by atoms with Gasteiger partial charge in [-0.05, 0) is 81.4 Å². The Labute approximate surface area is 177 Å². The van der Waals surface area contributed by atoms with Crippen LogP contribution in [0, 0.1) is 0 Å². The van der Waals surface area contributed by atoms with E-state index < -0.39 is 6.04 Å². The number of carbonyl (C=O) groups excluding carboxylic acids is 3. The average Bonchev–Trinajstić information content (AvgIpc) is 3.10. The average molecular weight is 411 g/mol. The van der Waals surface area contributed by atoms with Gasteiger partial charge in [0.1, 0.15) is 6.04 Å². The lowest BCUT2D eigenvalue weighted by atomic mass is 9.87. The van der Waals surface area contributed by atoms with Crippen LogP contribution in [0.2, 0.25) is 0 Å². The summed E-state index contributed by atoms with van der Waals surface area (Å²) in [7, 11) is 0. The molecule has 3 saturated heterocycles. The van der Waals surface area contributed by atoms with Crippen LogP contribution in [0.25, 0.3) is 0 Å². The summed E-state index contributed by atoms with van der Waals surface area (Å²) in [6, 6.07) is 6.47. The van der Waals surface area contributed by atoms with Gasteiger partial charge in [-0.15, -0.1) is 0 Å². The summed E-state index contributed by atoms with van der Waals surface area (Å²) >= 11 is 0. The number of hydrogen-bond acceptors (Lipinski definition) is 5. The highest BCUT2D eigenvalue weighted by Crippen LogP contribution is 2.34. The predicted octanol–water partition coefficient (Wildman–Crippen LogP) is 1.38. The molecular weight excluding hydrogens is 380 g/mol. The molecule has 0 aromatic heterocycles. The fourth-order valence-corrected chi connectivity index (χ4v) is 5.60. The van der Waals surface area contributed by atoms with Crippen LogP contribution in [0.5, 0.6) is 0 Å². The summed E-state index contributed by atoms with van der Waals surface area (Å²) < 4.78 is 0. The second-order valence-electron chi connectivity index (χ2n) is 9.11. The maximum Gasteiger partial charge on any atom is 0.255 e. The standard InChI is InChI=1S/C23H30N4O3/c28-21-4-3-20(22(29)25-21)27-14-17-2-1-16(13-19(17)23(27)30)15-7-11-26(12-8-15)18-5-9-24-10-6-18/h1-2,13,15,18,20,24H,3-12,14H2,(H,25,28,29). The minimum absolute atomic E-state index is 0.0755. The SMILES string of the molecule is O=C1CCC(N2Cc3ccc(C4CCN(C5CCNCC5)CC4)cc3C2=O)C(=O)N1. The van der Waals surface area contributed by atoms with Crippen molar-refractivity contribution in [2.24, 2.45) is 0 Å². The molecule has 30 heavy (non-hydrogen) atoms. The summed E-state index contributed by atoms with van der Waals surface area (Å²) in [5.41, 5.74) is 2.97. The highest BCUT2D eigenvalue weighted by Gasteiger charge is 2.39.